The summed E-state index contributed by atoms with van der Waals surface area (Å²) in [5, 5.41) is 30.9. The van der Waals surface area contributed by atoms with Gasteiger partial charge in [0.2, 0.25) is 5.91 Å². The fourth-order valence-corrected chi connectivity index (χ4v) is 5.54. The van der Waals surface area contributed by atoms with Gasteiger partial charge in [-0.2, -0.15) is 0 Å². The monoisotopic (exact) mass is 554 g/mol. The van der Waals surface area contributed by atoms with Crippen molar-refractivity contribution in [2.75, 3.05) is 25.0 Å². The largest absolute Gasteiger partial charge is 0.481 e. The summed E-state index contributed by atoms with van der Waals surface area (Å²) in [6.45, 7) is 1.77. The average Bonchev–Trinajstić information content (AvgIpc) is 3.41. The van der Waals surface area contributed by atoms with E-state index in [1.54, 1.807) is 0 Å². The minimum absolute atomic E-state index is 0.0130. The van der Waals surface area contributed by atoms with E-state index >= 15 is 0 Å². The second-order valence-electron chi connectivity index (χ2n) is 10.8. The summed E-state index contributed by atoms with van der Waals surface area (Å²) in [7, 11) is 0. The third-order valence-corrected chi connectivity index (χ3v) is 7.75. The zero-order valence-corrected chi connectivity index (χ0v) is 23.0. The van der Waals surface area contributed by atoms with E-state index in [0.29, 0.717) is 37.9 Å². The lowest BCUT2D eigenvalue weighted by atomic mass is 9.99. The first kappa shape index (κ1) is 30.1. The lowest BCUT2D eigenvalue weighted by Crippen LogP contribution is -2.42. The molecule has 40 heavy (non-hydrogen) atoms. The van der Waals surface area contributed by atoms with Crippen LogP contribution in [0.5, 0.6) is 0 Å². The van der Waals surface area contributed by atoms with Gasteiger partial charge >= 0.3 is 5.97 Å². The van der Waals surface area contributed by atoms with Crippen molar-refractivity contribution in [1.82, 2.24) is 4.90 Å². The van der Waals surface area contributed by atoms with Gasteiger partial charge in [0.1, 0.15) is 0 Å². The van der Waals surface area contributed by atoms with Crippen LogP contribution < -0.4 is 5.32 Å². The zero-order valence-electron chi connectivity index (χ0n) is 23.0. The van der Waals surface area contributed by atoms with E-state index < -0.39 is 12.3 Å². The fraction of sp³-hybridized carbons (Fsp3) is 0.548. The molecule has 2 aliphatic rings. The number of ether oxygens (including phenoxy) is 2. The number of carboxylic acids is 1. The second-order valence-corrected chi connectivity index (χ2v) is 10.8. The molecule has 9 nitrogen and oxygen atoms in total. The molecule has 0 aromatic heterocycles. The molecule has 0 spiro atoms. The SMILES string of the molecule is O=C(O)CCCCCCC(=O)Nc1cccc(C2OC(CN3CCCC3CO)CC(c3ccc(CO)cc3)O2)c1. The van der Waals surface area contributed by atoms with Gasteiger partial charge in [0.25, 0.3) is 0 Å². The number of aliphatic carboxylic acids is 1. The van der Waals surface area contributed by atoms with Crippen LogP contribution in [-0.4, -0.2) is 63.9 Å². The molecule has 1 amide bonds. The number of benzene rings is 2. The van der Waals surface area contributed by atoms with Crippen LogP contribution in [0.3, 0.4) is 0 Å². The number of hydrogen-bond donors (Lipinski definition) is 4. The molecular formula is C31H42N2O7. The van der Waals surface area contributed by atoms with Crippen LogP contribution in [0.1, 0.15) is 86.9 Å². The molecule has 218 valence electrons. The van der Waals surface area contributed by atoms with Crippen molar-refractivity contribution >= 4 is 17.6 Å². The first-order chi connectivity index (χ1) is 19.4. The van der Waals surface area contributed by atoms with Gasteiger partial charge < -0.3 is 30.1 Å². The van der Waals surface area contributed by atoms with E-state index in [9.17, 15) is 19.8 Å². The highest BCUT2D eigenvalue weighted by Gasteiger charge is 2.35. The van der Waals surface area contributed by atoms with Crippen molar-refractivity contribution < 1.29 is 34.4 Å². The highest BCUT2D eigenvalue weighted by molar-refractivity contribution is 5.90. The Hall–Kier alpha value is -2.82. The van der Waals surface area contributed by atoms with Crippen molar-refractivity contribution in [1.29, 1.82) is 0 Å². The van der Waals surface area contributed by atoms with Crippen molar-refractivity contribution in [2.45, 2.75) is 88.9 Å². The number of carboxylic acid groups (broad SMARTS) is 1. The number of aliphatic hydroxyl groups excluding tert-OH is 2. The topological polar surface area (TPSA) is 129 Å². The first-order valence-corrected chi connectivity index (χ1v) is 14.4. The van der Waals surface area contributed by atoms with Crippen molar-refractivity contribution in [3.05, 3.63) is 65.2 Å². The van der Waals surface area contributed by atoms with Gasteiger partial charge in [0.15, 0.2) is 6.29 Å². The van der Waals surface area contributed by atoms with Gasteiger partial charge in [-0.25, -0.2) is 0 Å². The Balaban J connectivity index is 1.40. The van der Waals surface area contributed by atoms with Gasteiger partial charge in [-0.3, -0.25) is 14.5 Å². The Morgan fingerprint density at radius 2 is 1.73 bits per heavy atom. The second kappa shape index (κ2) is 15.3. The molecule has 0 aliphatic carbocycles. The predicted molar refractivity (Wildman–Crippen MR) is 151 cm³/mol. The molecule has 2 saturated heterocycles. The maximum atomic E-state index is 12.5. The van der Waals surface area contributed by atoms with E-state index in [-0.39, 0.29) is 43.8 Å². The molecule has 4 N–H and O–H groups in total. The molecule has 2 aromatic carbocycles. The average molecular weight is 555 g/mol. The molecule has 2 heterocycles. The van der Waals surface area contributed by atoms with Crippen molar-refractivity contribution in [3.63, 3.8) is 0 Å². The minimum atomic E-state index is -0.786. The van der Waals surface area contributed by atoms with E-state index in [0.717, 1.165) is 48.9 Å². The number of hydrogen-bond acceptors (Lipinski definition) is 7. The normalized spacial score (nSPS) is 23.2. The molecule has 4 rings (SSSR count). The van der Waals surface area contributed by atoms with Crippen LogP contribution in [-0.2, 0) is 25.7 Å². The summed E-state index contributed by atoms with van der Waals surface area (Å²) in [5.41, 5.74) is 3.35. The van der Waals surface area contributed by atoms with Gasteiger partial charge in [-0.1, -0.05) is 49.2 Å². The third-order valence-electron chi connectivity index (χ3n) is 7.75. The van der Waals surface area contributed by atoms with Crippen LogP contribution in [0.25, 0.3) is 0 Å². The summed E-state index contributed by atoms with van der Waals surface area (Å²) in [4.78, 5) is 25.4. The van der Waals surface area contributed by atoms with Gasteiger partial charge in [0, 0.05) is 43.1 Å². The number of carbonyl (C=O) groups excluding carboxylic acids is 1. The molecule has 0 bridgehead atoms. The minimum Gasteiger partial charge on any atom is -0.481 e. The Labute approximate surface area is 236 Å². The highest BCUT2D eigenvalue weighted by Crippen LogP contribution is 2.39. The molecule has 4 unspecified atom stereocenters. The summed E-state index contributed by atoms with van der Waals surface area (Å²) in [5.74, 6) is -0.865. The van der Waals surface area contributed by atoms with Crippen LogP contribution in [0.15, 0.2) is 48.5 Å². The van der Waals surface area contributed by atoms with E-state index in [2.05, 4.69) is 10.2 Å². The summed E-state index contributed by atoms with van der Waals surface area (Å²) >= 11 is 0. The molecule has 2 fully saturated rings. The van der Waals surface area contributed by atoms with Crippen LogP contribution in [0.2, 0.25) is 0 Å². The van der Waals surface area contributed by atoms with Gasteiger partial charge in [-0.15, -0.1) is 0 Å². The number of unbranched alkanes of at least 4 members (excludes halogenated alkanes) is 3. The van der Waals surface area contributed by atoms with E-state index in [1.807, 2.05) is 48.5 Å². The molecule has 9 heteroatoms. The Bertz CT molecular complexity index is 1090. The number of carbonyl (C=O) groups is 2. The molecule has 2 aliphatic heterocycles. The van der Waals surface area contributed by atoms with Crippen LogP contribution in [0, 0.1) is 0 Å². The smallest absolute Gasteiger partial charge is 0.303 e. The number of aliphatic hydroxyl groups is 2. The number of amides is 1. The number of nitrogens with one attached hydrogen (secondary N) is 1. The Kier molecular flexibility index (Phi) is 11.5. The highest BCUT2D eigenvalue weighted by atomic mass is 16.7. The van der Waals surface area contributed by atoms with Gasteiger partial charge in [-0.05, 0) is 55.5 Å². The quantitative estimate of drug-likeness (QED) is 0.251. The lowest BCUT2D eigenvalue weighted by molar-refractivity contribution is -0.253. The number of nitrogens with zero attached hydrogens (tertiary/aromatic N) is 1. The number of anilines is 1. The fourth-order valence-electron chi connectivity index (χ4n) is 5.54. The molecule has 2 aromatic rings. The Morgan fingerprint density at radius 3 is 2.45 bits per heavy atom. The Morgan fingerprint density at radius 1 is 0.950 bits per heavy atom. The first-order valence-electron chi connectivity index (χ1n) is 14.4. The molecule has 0 saturated carbocycles. The van der Waals surface area contributed by atoms with Crippen LogP contribution in [0.4, 0.5) is 5.69 Å². The molecule has 4 atom stereocenters. The molecule has 0 radical (unpaired) electrons. The summed E-state index contributed by atoms with van der Waals surface area (Å²) in [6, 6.07) is 15.5. The lowest BCUT2D eigenvalue weighted by Gasteiger charge is -2.38. The number of rotatable bonds is 14. The van der Waals surface area contributed by atoms with E-state index in [1.165, 1.54) is 0 Å². The zero-order chi connectivity index (χ0) is 28.3. The summed E-state index contributed by atoms with van der Waals surface area (Å²) in [6.07, 6.45) is 5.30. The number of likely N-dealkylation sites (tertiary alicyclic amines) is 1. The van der Waals surface area contributed by atoms with Crippen molar-refractivity contribution in [2.24, 2.45) is 0 Å². The van der Waals surface area contributed by atoms with Crippen molar-refractivity contribution in [3.8, 4) is 0 Å². The van der Waals surface area contributed by atoms with E-state index in [4.69, 9.17) is 14.6 Å². The maximum Gasteiger partial charge on any atom is 0.303 e. The van der Waals surface area contributed by atoms with Gasteiger partial charge in [0.05, 0.1) is 25.4 Å². The summed E-state index contributed by atoms with van der Waals surface area (Å²) < 4.78 is 12.9. The molecular weight excluding hydrogens is 512 g/mol. The van der Waals surface area contributed by atoms with Crippen LogP contribution >= 0.6 is 0 Å². The standard InChI is InChI=1S/C31H42N2O7/c34-20-22-12-14-23(15-13-22)28-18-27(19-33-16-6-9-26(33)21-35)39-31(40-28)24-7-5-8-25(17-24)32-29(36)10-3-1-2-4-11-30(37)38/h5,7-8,12-15,17,26-28,31,34-35H,1-4,6,9-11,16,18-21H2,(H,32,36)(H,37,38). The predicted octanol–water partition coefficient (Wildman–Crippen LogP) is 4.54. The third kappa shape index (κ3) is 8.84. The maximum absolute atomic E-state index is 12.5.